The Kier molecular flexibility index (Phi) is 9.28. The van der Waals surface area contributed by atoms with E-state index in [4.69, 9.17) is 20.2 Å². The summed E-state index contributed by atoms with van der Waals surface area (Å²) >= 11 is 1.91. The van der Waals surface area contributed by atoms with Crippen LogP contribution in [0.1, 0.15) is 51.3 Å². The number of halogens is 2. The predicted octanol–water partition coefficient (Wildman–Crippen LogP) is 5.56. The molecule has 0 N–H and O–H groups in total. The molecule has 0 spiro atoms. The zero-order valence-electron chi connectivity index (χ0n) is 12.7. The summed E-state index contributed by atoms with van der Waals surface area (Å²) in [6.45, 7) is 12.6. The van der Waals surface area contributed by atoms with Crippen LogP contribution in [0.4, 0.5) is 0 Å². The molecule has 1 aromatic rings. The van der Waals surface area contributed by atoms with Crippen LogP contribution in [0.15, 0.2) is 22.1 Å². The maximum atomic E-state index is 4.76. The van der Waals surface area contributed by atoms with Gasteiger partial charge in [-0.2, -0.15) is 0 Å². The molecule has 0 radical (unpaired) electrons. The molecule has 0 unspecified atom stereocenters. The third kappa shape index (κ3) is 11.9. The summed E-state index contributed by atoms with van der Waals surface area (Å²) in [6, 6.07) is 4.17. The second-order valence-corrected chi connectivity index (χ2v) is 9.12. The van der Waals surface area contributed by atoms with Crippen molar-refractivity contribution in [1.29, 1.82) is 0 Å². The summed E-state index contributed by atoms with van der Waals surface area (Å²) < 4.78 is 0. The van der Waals surface area contributed by atoms with Crippen LogP contribution in [0, 0.1) is 0 Å². The molecule has 0 saturated heterocycles. The molecule has 0 saturated carbocycles. The number of aliphatic imine (C=N–C) groups is 2. The molecule has 0 aromatic carbocycles. The Labute approximate surface area is 141 Å². The van der Waals surface area contributed by atoms with Gasteiger partial charge < -0.3 is 0 Å². The average Bonchev–Trinajstić information content (AvgIpc) is 2.71. The second kappa shape index (κ2) is 9.22. The monoisotopic (exact) mass is 376 g/mol. The molecule has 0 aliphatic carbocycles. The van der Waals surface area contributed by atoms with Gasteiger partial charge in [-0.25, -0.2) is 0 Å². The molecule has 2 nitrogen and oxygen atoms in total. The quantitative estimate of drug-likeness (QED) is 0.476. The molecule has 0 aliphatic rings. The van der Waals surface area contributed by atoms with Gasteiger partial charge in [0.2, 0.25) is 0 Å². The summed E-state index contributed by atoms with van der Waals surface area (Å²) in [5.41, 5.74) is -0.0205. The number of hydrogen-bond acceptors (Lipinski definition) is 3. The van der Waals surface area contributed by atoms with Gasteiger partial charge in [-0.15, -0.1) is 11.3 Å². The van der Waals surface area contributed by atoms with Crippen molar-refractivity contribution in [2.75, 3.05) is 0 Å². The Morgan fingerprint density at radius 2 is 1.20 bits per heavy atom. The Morgan fingerprint density at radius 1 is 0.900 bits per heavy atom. The number of thiophene rings is 1. The van der Waals surface area contributed by atoms with E-state index in [1.807, 2.05) is 12.4 Å². The van der Waals surface area contributed by atoms with Crippen LogP contribution in [0.2, 0.25) is 0 Å². The molecule has 1 rings (SSSR count). The molecular formula is C14H22Cl2FeN2S. The van der Waals surface area contributed by atoms with Gasteiger partial charge in [0.1, 0.15) is 0 Å². The van der Waals surface area contributed by atoms with E-state index < -0.39 is 0 Å². The number of hydrogen-bond donors (Lipinski definition) is 0. The summed E-state index contributed by atoms with van der Waals surface area (Å²) in [4.78, 5) is 11.3. The summed E-state index contributed by atoms with van der Waals surface area (Å²) in [5, 5.41) is 0. The Bertz CT molecular complexity index is 404. The van der Waals surface area contributed by atoms with Gasteiger partial charge >= 0.3 is 33.3 Å². The van der Waals surface area contributed by atoms with Crippen molar-refractivity contribution < 1.29 is 13.1 Å². The first-order valence-corrected chi connectivity index (χ1v) is 9.98. The first kappa shape index (κ1) is 20.1. The average molecular weight is 377 g/mol. The van der Waals surface area contributed by atoms with Gasteiger partial charge in [0.25, 0.3) is 0 Å². The Morgan fingerprint density at radius 3 is 1.45 bits per heavy atom. The van der Waals surface area contributed by atoms with Crippen molar-refractivity contribution in [1.82, 2.24) is 0 Å². The fourth-order valence-corrected chi connectivity index (χ4v) is 1.78. The number of rotatable bonds is 2. The van der Waals surface area contributed by atoms with E-state index in [1.54, 1.807) is 11.3 Å². The van der Waals surface area contributed by atoms with Crippen LogP contribution in [0.5, 0.6) is 0 Å². The van der Waals surface area contributed by atoms with Crippen LogP contribution in [-0.4, -0.2) is 23.5 Å². The first-order valence-electron chi connectivity index (χ1n) is 6.13. The summed E-state index contributed by atoms with van der Waals surface area (Å²) in [7, 11) is 9.53. The molecule has 0 bridgehead atoms. The zero-order valence-corrected chi connectivity index (χ0v) is 16.2. The second-order valence-electron chi connectivity index (χ2n) is 6.15. The minimum absolute atomic E-state index is 0.0103. The van der Waals surface area contributed by atoms with Crippen molar-refractivity contribution in [2.24, 2.45) is 9.98 Å². The van der Waals surface area contributed by atoms with Gasteiger partial charge in [-0.1, -0.05) is 0 Å². The van der Waals surface area contributed by atoms with Crippen LogP contribution >= 0.6 is 31.5 Å². The van der Waals surface area contributed by atoms with Crippen molar-refractivity contribution in [3.63, 3.8) is 0 Å². The molecule has 0 aliphatic heterocycles. The van der Waals surface area contributed by atoms with E-state index in [1.165, 1.54) is 9.75 Å². The van der Waals surface area contributed by atoms with Crippen LogP contribution < -0.4 is 0 Å². The van der Waals surface area contributed by atoms with E-state index >= 15 is 0 Å². The maximum absolute atomic E-state index is 4.76. The minimum atomic E-state index is -0.0103. The molecule has 1 aromatic heterocycles. The van der Waals surface area contributed by atoms with E-state index in [2.05, 4.69) is 63.7 Å². The van der Waals surface area contributed by atoms with Crippen LogP contribution in [0.3, 0.4) is 0 Å². The van der Waals surface area contributed by atoms with Gasteiger partial charge in [0.15, 0.2) is 0 Å². The van der Waals surface area contributed by atoms with Gasteiger partial charge in [0, 0.05) is 22.2 Å². The number of nitrogens with zero attached hydrogens (tertiary/aromatic N) is 2. The summed E-state index contributed by atoms with van der Waals surface area (Å²) in [6.07, 6.45) is 3.89. The van der Waals surface area contributed by atoms with E-state index in [-0.39, 0.29) is 24.2 Å². The van der Waals surface area contributed by atoms with Gasteiger partial charge in [-0.3, -0.25) is 9.98 Å². The van der Waals surface area contributed by atoms with Gasteiger partial charge in [0.05, 0.1) is 11.1 Å². The molecule has 0 fully saturated rings. The fraction of sp³-hybridized carbons (Fsp3) is 0.571. The molecule has 6 heteroatoms. The zero-order chi connectivity index (χ0) is 15.8. The van der Waals surface area contributed by atoms with Crippen LogP contribution in [0.25, 0.3) is 0 Å². The normalized spacial score (nSPS) is 13.0. The van der Waals surface area contributed by atoms with Crippen molar-refractivity contribution in [2.45, 2.75) is 52.6 Å². The summed E-state index contributed by atoms with van der Waals surface area (Å²) in [5.74, 6) is 0. The molecule has 0 atom stereocenters. The topological polar surface area (TPSA) is 24.7 Å². The standard InChI is InChI=1S/C14H22N2S.2ClH.Fe/c1-13(2,3)15-9-11-7-8-12(17-11)10-16-14(4,5)6;;;/h7-10H,1-6H3;2*1H;/q;;;+2/p-2. The molecule has 0 amide bonds. The van der Waals surface area contributed by atoms with E-state index in [0.717, 1.165) is 0 Å². The van der Waals surface area contributed by atoms with Crippen molar-refractivity contribution in [3.8, 4) is 0 Å². The third-order valence-corrected chi connectivity index (χ3v) is 2.76. The molecule has 1 heterocycles. The van der Waals surface area contributed by atoms with Crippen LogP contribution in [-0.2, 0) is 13.1 Å². The Hall–Kier alpha value is 0.139. The van der Waals surface area contributed by atoms with Crippen molar-refractivity contribution >= 4 is 44.0 Å². The molecule has 116 valence electrons. The first-order chi connectivity index (χ1) is 9.07. The third-order valence-electron chi connectivity index (χ3n) is 1.81. The molecule has 20 heavy (non-hydrogen) atoms. The Balaban J connectivity index is 0.00000110. The SMILES string of the molecule is CC(C)(C)N=Cc1ccc(C=NC(C)(C)C)s1.[Cl][Fe][Cl]. The van der Waals surface area contributed by atoms with E-state index in [0.29, 0.717) is 0 Å². The van der Waals surface area contributed by atoms with Gasteiger partial charge in [-0.05, 0) is 53.7 Å². The van der Waals surface area contributed by atoms with E-state index in [9.17, 15) is 0 Å². The van der Waals surface area contributed by atoms with Crippen molar-refractivity contribution in [3.05, 3.63) is 21.9 Å². The predicted molar refractivity (Wildman–Crippen MR) is 90.7 cm³/mol. The fourth-order valence-electron chi connectivity index (χ4n) is 1.02. The molecular weight excluding hydrogens is 355 g/mol.